The van der Waals surface area contributed by atoms with E-state index in [-0.39, 0.29) is 11.3 Å². The zero-order valence-corrected chi connectivity index (χ0v) is 21.9. The summed E-state index contributed by atoms with van der Waals surface area (Å²) < 4.78 is 42.2. The number of carbonyl (C=O) groups excluding carboxylic acids is 1. The van der Waals surface area contributed by atoms with Crippen LogP contribution in [0.15, 0.2) is 76.7 Å². The number of ether oxygens (including phenoxy) is 3. The lowest BCUT2D eigenvalue weighted by Crippen LogP contribution is -2.22. The summed E-state index contributed by atoms with van der Waals surface area (Å²) in [6, 6.07) is 17.0. The minimum atomic E-state index is -4.39. The molecular weight excluding hydrogens is 512 g/mol. The first kappa shape index (κ1) is 28.2. The SMILES string of the molecule is CCCCOc1ccc(/C(=N/NS(=O)(=O)c2cc(C(=O)O)cc(C(=O)OC)c2)c2ccccc2)cc1OC. The molecule has 0 spiro atoms. The van der Waals surface area contributed by atoms with Gasteiger partial charge in [0.15, 0.2) is 11.5 Å². The number of nitrogens with zero attached hydrogens (tertiary/aromatic N) is 1. The average molecular weight is 541 g/mol. The third kappa shape index (κ3) is 6.88. The van der Waals surface area contributed by atoms with Crippen molar-refractivity contribution in [1.82, 2.24) is 4.83 Å². The predicted molar refractivity (Wildman–Crippen MR) is 141 cm³/mol. The molecule has 10 nitrogen and oxygen atoms in total. The molecule has 38 heavy (non-hydrogen) atoms. The summed E-state index contributed by atoms with van der Waals surface area (Å²) in [6.07, 6.45) is 1.85. The van der Waals surface area contributed by atoms with Gasteiger partial charge in [0.1, 0.15) is 0 Å². The maximum atomic E-state index is 13.2. The minimum absolute atomic E-state index is 0.233. The highest BCUT2D eigenvalue weighted by Crippen LogP contribution is 2.29. The van der Waals surface area contributed by atoms with Gasteiger partial charge in [0.05, 0.1) is 42.6 Å². The molecule has 0 aliphatic carbocycles. The number of sulfonamides is 1. The summed E-state index contributed by atoms with van der Waals surface area (Å²) in [5, 5.41) is 13.6. The van der Waals surface area contributed by atoms with Crippen molar-refractivity contribution in [3.8, 4) is 11.5 Å². The highest BCUT2D eigenvalue weighted by atomic mass is 32.2. The lowest BCUT2D eigenvalue weighted by molar-refractivity contribution is 0.0600. The van der Waals surface area contributed by atoms with Gasteiger partial charge in [-0.15, -0.1) is 0 Å². The number of unbranched alkanes of at least 4 members (excludes halogenated alkanes) is 1. The molecule has 0 unspecified atom stereocenters. The van der Waals surface area contributed by atoms with E-state index >= 15 is 0 Å². The monoisotopic (exact) mass is 540 g/mol. The number of nitrogens with one attached hydrogen (secondary N) is 1. The maximum Gasteiger partial charge on any atom is 0.337 e. The number of hydrazone groups is 1. The molecule has 11 heteroatoms. The van der Waals surface area contributed by atoms with E-state index in [2.05, 4.69) is 21.6 Å². The number of benzene rings is 3. The molecule has 0 saturated carbocycles. The van der Waals surface area contributed by atoms with Crippen molar-refractivity contribution in [2.45, 2.75) is 24.7 Å². The van der Waals surface area contributed by atoms with Gasteiger partial charge in [-0.25, -0.2) is 9.59 Å². The lowest BCUT2D eigenvalue weighted by atomic mass is 10.0. The van der Waals surface area contributed by atoms with Crippen molar-refractivity contribution in [2.75, 3.05) is 20.8 Å². The number of hydrogen-bond donors (Lipinski definition) is 2. The maximum absolute atomic E-state index is 13.2. The second kappa shape index (κ2) is 12.7. The van der Waals surface area contributed by atoms with Crippen LogP contribution in [0.1, 0.15) is 51.6 Å². The second-order valence-corrected chi connectivity index (χ2v) is 9.69. The molecule has 3 rings (SSSR count). The molecule has 0 amide bonds. The summed E-state index contributed by atoms with van der Waals surface area (Å²) in [5.41, 5.74) is 0.780. The van der Waals surface area contributed by atoms with Crippen molar-refractivity contribution >= 4 is 27.7 Å². The van der Waals surface area contributed by atoms with E-state index in [1.54, 1.807) is 42.5 Å². The molecule has 200 valence electrons. The Labute approximate surface area is 220 Å². The van der Waals surface area contributed by atoms with Gasteiger partial charge in [0, 0.05) is 11.1 Å². The van der Waals surface area contributed by atoms with Gasteiger partial charge in [-0.05, 0) is 42.8 Å². The van der Waals surface area contributed by atoms with Crippen LogP contribution in [-0.2, 0) is 14.8 Å². The summed E-state index contributed by atoms with van der Waals surface area (Å²) >= 11 is 0. The molecule has 0 saturated heterocycles. The number of methoxy groups -OCH3 is 2. The van der Waals surface area contributed by atoms with Gasteiger partial charge >= 0.3 is 11.9 Å². The predicted octanol–water partition coefficient (Wildman–Crippen LogP) is 4.09. The van der Waals surface area contributed by atoms with Crippen LogP contribution in [0.4, 0.5) is 0 Å². The van der Waals surface area contributed by atoms with Gasteiger partial charge in [-0.2, -0.15) is 18.4 Å². The van der Waals surface area contributed by atoms with Crippen molar-refractivity contribution in [3.63, 3.8) is 0 Å². The molecule has 0 radical (unpaired) electrons. The standard InChI is InChI=1S/C27H28N2O8S/c1-4-5-13-37-23-12-11-19(17-24(23)35-2)25(18-9-7-6-8-10-18)28-29-38(33,34)22-15-20(26(30)31)14-21(16-22)27(32)36-3/h6-12,14-17,29H,4-5,13H2,1-3H3,(H,30,31)/b28-25+. The third-order valence-electron chi connectivity index (χ3n) is 5.40. The Balaban J connectivity index is 2.05. The Bertz CT molecular complexity index is 1440. The molecular formula is C27H28N2O8S. The van der Waals surface area contributed by atoms with Gasteiger partial charge in [0.2, 0.25) is 0 Å². The number of rotatable bonds is 12. The van der Waals surface area contributed by atoms with Crippen LogP contribution >= 0.6 is 0 Å². The van der Waals surface area contributed by atoms with Crippen LogP contribution in [0.25, 0.3) is 0 Å². The number of esters is 1. The molecule has 0 bridgehead atoms. The zero-order chi connectivity index (χ0) is 27.7. The normalized spacial score (nSPS) is 11.5. The summed E-state index contributed by atoms with van der Waals surface area (Å²) in [4.78, 5) is 25.2. The van der Waals surface area contributed by atoms with Crippen LogP contribution in [0.5, 0.6) is 11.5 Å². The molecule has 0 fully saturated rings. The van der Waals surface area contributed by atoms with Crippen molar-refractivity contribution in [1.29, 1.82) is 0 Å². The number of aromatic carboxylic acids is 1. The fourth-order valence-corrected chi connectivity index (χ4v) is 4.31. The van der Waals surface area contributed by atoms with Crippen LogP contribution in [0, 0.1) is 0 Å². The molecule has 0 atom stereocenters. The lowest BCUT2D eigenvalue weighted by Gasteiger charge is -2.14. The van der Waals surface area contributed by atoms with Crippen molar-refractivity contribution in [2.24, 2.45) is 5.10 Å². The first-order valence-electron chi connectivity index (χ1n) is 11.6. The largest absolute Gasteiger partial charge is 0.493 e. The Morgan fingerprint density at radius 1 is 0.895 bits per heavy atom. The molecule has 0 aliphatic rings. The van der Waals surface area contributed by atoms with Gasteiger partial charge in [0.25, 0.3) is 10.0 Å². The van der Waals surface area contributed by atoms with E-state index in [1.165, 1.54) is 7.11 Å². The van der Waals surface area contributed by atoms with Crippen LogP contribution in [0.2, 0.25) is 0 Å². The number of carbonyl (C=O) groups is 2. The summed E-state index contributed by atoms with van der Waals surface area (Å²) in [6.45, 7) is 2.58. The quantitative estimate of drug-likeness (QED) is 0.151. The second-order valence-electron chi connectivity index (χ2n) is 8.03. The molecule has 0 heterocycles. The van der Waals surface area contributed by atoms with Gasteiger partial charge < -0.3 is 19.3 Å². The fraction of sp³-hybridized carbons (Fsp3) is 0.222. The average Bonchev–Trinajstić information content (AvgIpc) is 2.93. The van der Waals surface area contributed by atoms with E-state index in [0.29, 0.717) is 29.2 Å². The first-order valence-corrected chi connectivity index (χ1v) is 13.1. The van der Waals surface area contributed by atoms with Crippen molar-refractivity contribution in [3.05, 3.63) is 89.0 Å². The molecule has 0 aliphatic heterocycles. The highest BCUT2D eigenvalue weighted by molar-refractivity contribution is 7.89. The molecule has 3 aromatic carbocycles. The van der Waals surface area contributed by atoms with E-state index in [0.717, 1.165) is 38.2 Å². The number of carboxylic acid groups (broad SMARTS) is 1. The van der Waals surface area contributed by atoms with Crippen LogP contribution in [0.3, 0.4) is 0 Å². The van der Waals surface area contributed by atoms with E-state index < -0.39 is 32.4 Å². The zero-order valence-electron chi connectivity index (χ0n) is 21.1. The number of hydrogen-bond acceptors (Lipinski definition) is 8. The molecule has 3 aromatic rings. The summed E-state index contributed by atoms with van der Waals surface area (Å²) in [5.74, 6) is -1.30. The summed E-state index contributed by atoms with van der Waals surface area (Å²) in [7, 11) is -1.79. The van der Waals surface area contributed by atoms with E-state index in [9.17, 15) is 23.1 Å². The van der Waals surface area contributed by atoms with Crippen LogP contribution in [-0.4, -0.2) is 52.0 Å². The third-order valence-corrected chi connectivity index (χ3v) is 6.59. The Hall–Kier alpha value is -4.38. The first-order chi connectivity index (χ1) is 18.2. The van der Waals surface area contributed by atoms with Gasteiger partial charge in [-0.3, -0.25) is 0 Å². The topological polar surface area (TPSA) is 141 Å². The van der Waals surface area contributed by atoms with Gasteiger partial charge in [-0.1, -0.05) is 43.7 Å². The highest BCUT2D eigenvalue weighted by Gasteiger charge is 2.21. The Kier molecular flexibility index (Phi) is 9.44. The molecule has 2 N–H and O–H groups in total. The van der Waals surface area contributed by atoms with Crippen LogP contribution < -0.4 is 14.3 Å². The minimum Gasteiger partial charge on any atom is -0.493 e. The van der Waals surface area contributed by atoms with E-state index in [4.69, 9.17) is 9.47 Å². The smallest absolute Gasteiger partial charge is 0.337 e. The number of carboxylic acids is 1. The van der Waals surface area contributed by atoms with E-state index in [1.807, 2.05) is 6.07 Å². The van der Waals surface area contributed by atoms with Crippen molar-refractivity contribution < 1.29 is 37.3 Å². The Morgan fingerprint density at radius 2 is 1.61 bits per heavy atom. The fourth-order valence-electron chi connectivity index (χ4n) is 3.42. The molecule has 0 aromatic heterocycles. The Morgan fingerprint density at radius 3 is 2.24 bits per heavy atom.